The second-order valence-electron chi connectivity index (χ2n) is 5.99. The molecule has 0 saturated heterocycles. The van der Waals surface area contributed by atoms with Crippen molar-refractivity contribution in [2.45, 2.75) is 26.0 Å². The number of ether oxygens (including phenoxy) is 2. The van der Waals surface area contributed by atoms with Gasteiger partial charge in [-0.25, -0.2) is 4.79 Å². The molecular formula is C18H18N2O4. The van der Waals surface area contributed by atoms with Gasteiger partial charge in [-0.1, -0.05) is 0 Å². The smallest absolute Gasteiger partial charge is 0.417 e. The van der Waals surface area contributed by atoms with Gasteiger partial charge in [-0.05, 0) is 37.3 Å². The SMILES string of the molecule is COc1cc(CNc2ccc3oc(=O)[nH]c3c2)c2c(c1)C[C@H](C)O2. The molecule has 6 heteroatoms. The van der Waals surface area contributed by atoms with E-state index >= 15 is 0 Å². The Hall–Kier alpha value is -2.89. The summed E-state index contributed by atoms with van der Waals surface area (Å²) in [5.74, 6) is 1.32. The number of fused-ring (bicyclic) bond motifs is 2. The van der Waals surface area contributed by atoms with Crippen LogP contribution in [0.2, 0.25) is 0 Å². The van der Waals surface area contributed by atoms with Gasteiger partial charge in [0.25, 0.3) is 0 Å². The van der Waals surface area contributed by atoms with E-state index in [2.05, 4.69) is 17.2 Å². The van der Waals surface area contributed by atoms with Crippen LogP contribution in [0, 0.1) is 0 Å². The average Bonchev–Trinajstić information content (AvgIpc) is 3.12. The predicted molar refractivity (Wildman–Crippen MR) is 90.9 cm³/mol. The van der Waals surface area contributed by atoms with Crippen LogP contribution in [-0.2, 0) is 13.0 Å². The third-order valence-electron chi connectivity index (χ3n) is 4.18. The Morgan fingerprint density at radius 2 is 2.21 bits per heavy atom. The standard InChI is InChI=1S/C18H18N2O4/c1-10-5-11-6-14(22-2)7-12(17(11)23-10)9-19-13-3-4-16-15(8-13)20-18(21)24-16/h3-4,6-8,10,19H,5,9H2,1-2H3,(H,20,21)/t10-/m0/s1. The van der Waals surface area contributed by atoms with Crippen LogP contribution in [0.25, 0.3) is 11.1 Å². The molecule has 1 atom stereocenters. The van der Waals surface area contributed by atoms with Crippen LogP contribution in [0.1, 0.15) is 18.1 Å². The number of oxazole rings is 1. The summed E-state index contributed by atoms with van der Waals surface area (Å²) in [5, 5.41) is 3.36. The van der Waals surface area contributed by atoms with Crippen molar-refractivity contribution in [3.8, 4) is 11.5 Å². The van der Waals surface area contributed by atoms with Gasteiger partial charge < -0.3 is 19.2 Å². The van der Waals surface area contributed by atoms with E-state index < -0.39 is 5.76 Å². The van der Waals surface area contributed by atoms with Crippen LogP contribution in [0.4, 0.5) is 5.69 Å². The number of H-pyrrole nitrogens is 1. The summed E-state index contributed by atoms with van der Waals surface area (Å²) in [7, 11) is 1.67. The number of rotatable bonds is 4. The van der Waals surface area contributed by atoms with Gasteiger partial charge in [0, 0.05) is 29.8 Å². The molecule has 0 unspecified atom stereocenters. The highest BCUT2D eigenvalue weighted by atomic mass is 16.5. The maximum Gasteiger partial charge on any atom is 0.417 e. The van der Waals surface area contributed by atoms with E-state index in [1.165, 1.54) is 5.56 Å². The van der Waals surface area contributed by atoms with E-state index in [-0.39, 0.29) is 6.10 Å². The maximum absolute atomic E-state index is 11.2. The number of aromatic amines is 1. The first-order valence-corrected chi connectivity index (χ1v) is 7.85. The fourth-order valence-electron chi connectivity index (χ4n) is 3.09. The maximum atomic E-state index is 11.2. The van der Waals surface area contributed by atoms with Crippen molar-refractivity contribution < 1.29 is 13.9 Å². The first-order valence-electron chi connectivity index (χ1n) is 7.85. The molecule has 124 valence electrons. The van der Waals surface area contributed by atoms with Gasteiger partial charge in [0.1, 0.15) is 17.6 Å². The number of hydrogen-bond donors (Lipinski definition) is 2. The molecule has 1 aromatic heterocycles. The van der Waals surface area contributed by atoms with E-state index in [1.54, 1.807) is 13.2 Å². The van der Waals surface area contributed by atoms with Gasteiger partial charge in [-0.3, -0.25) is 4.98 Å². The van der Waals surface area contributed by atoms with Crippen molar-refractivity contribution in [3.05, 3.63) is 52.0 Å². The lowest BCUT2D eigenvalue weighted by Gasteiger charge is -2.13. The minimum Gasteiger partial charge on any atom is -0.497 e. The zero-order chi connectivity index (χ0) is 16.7. The Kier molecular flexibility index (Phi) is 3.45. The Morgan fingerprint density at radius 1 is 1.33 bits per heavy atom. The molecule has 0 fully saturated rings. The second-order valence-corrected chi connectivity index (χ2v) is 5.99. The lowest BCUT2D eigenvalue weighted by Crippen LogP contribution is -2.07. The van der Waals surface area contributed by atoms with Gasteiger partial charge in [-0.15, -0.1) is 0 Å². The number of hydrogen-bond acceptors (Lipinski definition) is 5. The van der Waals surface area contributed by atoms with Crippen LogP contribution in [-0.4, -0.2) is 18.2 Å². The molecule has 3 aromatic rings. The molecule has 0 spiro atoms. The van der Waals surface area contributed by atoms with E-state index in [9.17, 15) is 4.79 Å². The second kappa shape index (κ2) is 5.63. The van der Waals surface area contributed by atoms with Gasteiger partial charge >= 0.3 is 5.76 Å². The van der Waals surface area contributed by atoms with Gasteiger partial charge in [0.2, 0.25) is 0 Å². The average molecular weight is 326 g/mol. The van der Waals surface area contributed by atoms with Crippen molar-refractivity contribution in [1.29, 1.82) is 0 Å². The summed E-state index contributed by atoms with van der Waals surface area (Å²) in [4.78, 5) is 13.9. The summed E-state index contributed by atoms with van der Waals surface area (Å²) >= 11 is 0. The molecule has 24 heavy (non-hydrogen) atoms. The molecule has 6 nitrogen and oxygen atoms in total. The molecule has 1 aliphatic heterocycles. The first-order chi connectivity index (χ1) is 11.6. The van der Waals surface area contributed by atoms with Crippen LogP contribution < -0.4 is 20.5 Å². The lowest BCUT2D eigenvalue weighted by molar-refractivity contribution is 0.252. The zero-order valence-corrected chi connectivity index (χ0v) is 13.5. The van der Waals surface area contributed by atoms with E-state index in [4.69, 9.17) is 13.9 Å². The van der Waals surface area contributed by atoms with E-state index in [1.807, 2.05) is 24.3 Å². The Labute approximate surface area is 138 Å². The number of benzene rings is 2. The van der Waals surface area contributed by atoms with Crippen molar-refractivity contribution in [3.63, 3.8) is 0 Å². The largest absolute Gasteiger partial charge is 0.497 e. The Bertz CT molecular complexity index is 957. The van der Waals surface area contributed by atoms with E-state index in [0.29, 0.717) is 17.6 Å². The molecule has 0 aliphatic carbocycles. The van der Waals surface area contributed by atoms with Crippen molar-refractivity contribution >= 4 is 16.8 Å². The summed E-state index contributed by atoms with van der Waals surface area (Å²) in [6.07, 6.45) is 1.07. The highest BCUT2D eigenvalue weighted by molar-refractivity contribution is 5.76. The van der Waals surface area contributed by atoms with Crippen molar-refractivity contribution in [2.75, 3.05) is 12.4 Å². The third kappa shape index (κ3) is 2.60. The number of anilines is 1. The molecule has 1 aliphatic rings. The highest BCUT2D eigenvalue weighted by Crippen LogP contribution is 2.36. The summed E-state index contributed by atoms with van der Waals surface area (Å²) in [6, 6.07) is 9.52. The number of methoxy groups -OCH3 is 1. The predicted octanol–water partition coefficient (Wildman–Crippen LogP) is 3.07. The van der Waals surface area contributed by atoms with Crippen LogP contribution in [0.15, 0.2) is 39.5 Å². The Morgan fingerprint density at radius 3 is 3.04 bits per heavy atom. The monoisotopic (exact) mass is 326 g/mol. The summed E-state index contributed by atoms with van der Waals surface area (Å²) < 4.78 is 16.3. The first kappa shape index (κ1) is 14.7. The molecular weight excluding hydrogens is 308 g/mol. The summed E-state index contributed by atoms with van der Waals surface area (Å²) in [5.41, 5.74) is 4.33. The molecule has 2 N–H and O–H groups in total. The van der Waals surface area contributed by atoms with Gasteiger partial charge in [0.05, 0.1) is 12.6 Å². The fraction of sp³-hybridized carbons (Fsp3) is 0.278. The van der Waals surface area contributed by atoms with Crippen LogP contribution in [0.3, 0.4) is 0 Å². The highest BCUT2D eigenvalue weighted by Gasteiger charge is 2.23. The van der Waals surface area contributed by atoms with E-state index in [0.717, 1.165) is 29.2 Å². The van der Waals surface area contributed by atoms with Gasteiger partial charge in [0.15, 0.2) is 5.58 Å². The van der Waals surface area contributed by atoms with Crippen molar-refractivity contribution in [2.24, 2.45) is 0 Å². The Balaban J connectivity index is 1.60. The fourth-order valence-corrected chi connectivity index (χ4v) is 3.09. The quantitative estimate of drug-likeness (QED) is 0.770. The van der Waals surface area contributed by atoms with Crippen LogP contribution in [0.5, 0.6) is 11.5 Å². The molecule has 0 saturated carbocycles. The normalized spacial score (nSPS) is 16.0. The zero-order valence-electron chi connectivity index (χ0n) is 13.5. The molecule has 0 radical (unpaired) electrons. The number of aromatic nitrogens is 1. The minimum absolute atomic E-state index is 0.179. The van der Waals surface area contributed by atoms with Crippen LogP contribution >= 0.6 is 0 Å². The molecule has 2 heterocycles. The topological polar surface area (TPSA) is 76.5 Å². The molecule has 0 bridgehead atoms. The lowest BCUT2D eigenvalue weighted by atomic mass is 10.1. The van der Waals surface area contributed by atoms with Crippen molar-refractivity contribution in [1.82, 2.24) is 4.98 Å². The third-order valence-corrected chi connectivity index (χ3v) is 4.18. The summed E-state index contributed by atoms with van der Waals surface area (Å²) in [6.45, 7) is 2.66. The number of nitrogens with one attached hydrogen (secondary N) is 2. The van der Waals surface area contributed by atoms with Gasteiger partial charge in [-0.2, -0.15) is 0 Å². The molecule has 4 rings (SSSR count). The molecule has 2 aromatic carbocycles. The molecule has 0 amide bonds. The minimum atomic E-state index is -0.449.